The van der Waals surface area contributed by atoms with Crippen LogP contribution in [0.5, 0.6) is 11.5 Å². The minimum atomic E-state index is -0.112. The van der Waals surface area contributed by atoms with Gasteiger partial charge in [0.1, 0.15) is 11.5 Å². The Kier molecular flexibility index (Phi) is 6.00. The first-order chi connectivity index (χ1) is 12.7. The van der Waals surface area contributed by atoms with Crippen molar-refractivity contribution >= 4 is 11.6 Å². The second kappa shape index (κ2) is 8.61. The van der Waals surface area contributed by atoms with Crippen LogP contribution in [0.1, 0.15) is 17.5 Å². The number of fused-ring (bicyclic) bond motifs is 1. The number of nitrogens with zero attached hydrogens (tertiary/aromatic N) is 1. The van der Waals surface area contributed by atoms with E-state index in [4.69, 9.17) is 9.47 Å². The number of carbonyl (C=O) groups excluding carboxylic acids is 1. The molecule has 0 aromatic heterocycles. The van der Waals surface area contributed by atoms with E-state index in [2.05, 4.69) is 35.5 Å². The van der Waals surface area contributed by atoms with E-state index in [1.165, 1.54) is 23.2 Å². The highest BCUT2D eigenvalue weighted by Gasteiger charge is 2.13. The Bertz CT molecular complexity index is 743. The molecule has 0 atom stereocenters. The minimum Gasteiger partial charge on any atom is -0.497 e. The van der Waals surface area contributed by atoms with E-state index in [0.717, 1.165) is 25.1 Å². The first-order valence-corrected chi connectivity index (χ1v) is 9.02. The summed E-state index contributed by atoms with van der Waals surface area (Å²) in [5.74, 6) is 1.30. The van der Waals surface area contributed by atoms with E-state index in [9.17, 15) is 4.79 Å². The maximum atomic E-state index is 11.9. The van der Waals surface area contributed by atoms with Crippen LogP contribution in [-0.4, -0.2) is 39.8 Å². The van der Waals surface area contributed by atoms with Gasteiger partial charge >= 0.3 is 0 Å². The molecule has 1 heterocycles. The van der Waals surface area contributed by atoms with Gasteiger partial charge in [-0.1, -0.05) is 12.1 Å². The van der Waals surface area contributed by atoms with Crippen LogP contribution < -0.4 is 19.7 Å². The highest BCUT2D eigenvalue weighted by atomic mass is 16.5. The van der Waals surface area contributed by atoms with Crippen molar-refractivity contribution < 1.29 is 14.3 Å². The fourth-order valence-corrected chi connectivity index (χ4v) is 3.21. The summed E-state index contributed by atoms with van der Waals surface area (Å²) in [7, 11) is 3.75. The second-order valence-corrected chi connectivity index (χ2v) is 6.55. The van der Waals surface area contributed by atoms with Crippen LogP contribution in [0.4, 0.5) is 5.69 Å². The van der Waals surface area contributed by atoms with Crippen molar-refractivity contribution in [3.8, 4) is 11.5 Å². The summed E-state index contributed by atoms with van der Waals surface area (Å²) in [4.78, 5) is 14.2. The highest BCUT2D eigenvalue weighted by molar-refractivity contribution is 5.77. The summed E-state index contributed by atoms with van der Waals surface area (Å²) in [6.07, 6.45) is 3.16. The quantitative estimate of drug-likeness (QED) is 0.831. The maximum Gasteiger partial charge on any atom is 0.257 e. The SMILES string of the molecule is COc1ccc(OCC(=O)NCCc2ccc3c(c2)CCCN3C)cc1. The number of nitrogens with one attached hydrogen (secondary N) is 1. The third-order valence-corrected chi connectivity index (χ3v) is 4.66. The molecule has 1 N–H and O–H groups in total. The van der Waals surface area contributed by atoms with Gasteiger partial charge in [0.2, 0.25) is 0 Å². The number of rotatable bonds is 7. The van der Waals surface area contributed by atoms with Crippen molar-refractivity contribution in [3.05, 3.63) is 53.6 Å². The van der Waals surface area contributed by atoms with Crippen molar-refractivity contribution in [1.82, 2.24) is 5.32 Å². The van der Waals surface area contributed by atoms with Gasteiger partial charge in [0, 0.05) is 25.8 Å². The molecule has 0 spiro atoms. The normalized spacial score (nSPS) is 13.1. The molecule has 0 unspecified atom stereocenters. The maximum absolute atomic E-state index is 11.9. The Hall–Kier alpha value is -2.69. The first-order valence-electron chi connectivity index (χ1n) is 9.02. The average Bonchev–Trinajstić information content (AvgIpc) is 2.67. The van der Waals surface area contributed by atoms with Crippen LogP contribution in [0.3, 0.4) is 0 Å². The van der Waals surface area contributed by atoms with E-state index in [1.54, 1.807) is 31.4 Å². The van der Waals surface area contributed by atoms with Crippen LogP contribution in [-0.2, 0) is 17.6 Å². The molecule has 2 aromatic carbocycles. The predicted molar refractivity (Wildman–Crippen MR) is 103 cm³/mol. The van der Waals surface area contributed by atoms with E-state index in [-0.39, 0.29) is 12.5 Å². The zero-order valence-corrected chi connectivity index (χ0v) is 15.5. The lowest BCUT2D eigenvalue weighted by molar-refractivity contribution is -0.123. The zero-order valence-electron chi connectivity index (χ0n) is 15.5. The number of carbonyl (C=O) groups is 1. The number of amides is 1. The number of methoxy groups -OCH3 is 1. The fraction of sp³-hybridized carbons (Fsp3) is 0.381. The number of benzene rings is 2. The number of hydrogen-bond donors (Lipinski definition) is 1. The molecule has 0 bridgehead atoms. The molecule has 5 nitrogen and oxygen atoms in total. The highest BCUT2D eigenvalue weighted by Crippen LogP contribution is 2.26. The van der Waals surface area contributed by atoms with Crippen molar-refractivity contribution in [2.45, 2.75) is 19.3 Å². The van der Waals surface area contributed by atoms with Crippen molar-refractivity contribution in [3.63, 3.8) is 0 Å². The molecular formula is C21H26N2O3. The molecular weight excluding hydrogens is 328 g/mol. The second-order valence-electron chi connectivity index (χ2n) is 6.55. The Balaban J connectivity index is 1.42. The van der Waals surface area contributed by atoms with E-state index in [0.29, 0.717) is 12.3 Å². The Morgan fingerprint density at radius 1 is 1.15 bits per heavy atom. The molecule has 1 aliphatic heterocycles. The molecule has 2 aromatic rings. The van der Waals surface area contributed by atoms with Gasteiger partial charge in [-0.3, -0.25) is 4.79 Å². The van der Waals surface area contributed by atoms with Gasteiger partial charge in [-0.2, -0.15) is 0 Å². The van der Waals surface area contributed by atoms with Crippen molar-refractivity contribution in [1.29, 1.82) is 0 Å². The Morgan fingerprint density at radius 2 is 1.92 bits per heavy atom. The number of aryl methyl sites for hydroxylation is 1. The third kappa shape index (κ3) is 4.69. The van der Waals surface area contributed by atoms with Gasteiger partial charge in [0.05, 0.1) is 7.11 Å². The fourth-order valence-electron chi connectivity index (χ4n) is 3.21. The molecule has 1 aliphatic rings. The van der Waals surface area contributed by atoms with Crippen LogP contribution in [0.25, 0.3) is 0 Å². The van der Waals surface area contributed by atoms with E-state index < -0.39 is 0 Å². The van der Waals surface area contributed by atoms with Gasteiger partial charge in [-0.25, -0.2) is 0 Å². The molecule has 0 saturated carbocycles. The van der Waals surface area contributed by atoms with Gasteiger partial charge in [0.15, 0.2) is 6.61 Å². The van der Waals surface area contributed by atoms with Crippen LogP contribution in [0.2, 0.25) is 0 Å². The molecule has 138 valence electrons. The molecule has 0 saturated heterocycles. The Morgan fingerprint density at radius 3 is 2.69 bits per heavy atom. The summed E-state index contributed by atoms with van der Waals surface area (Å²) in [5, 5.41) is 2.91. The van der Waals surface area contributed by atoms with Gasteiger partial charge in [-0.15, -0.1) is 0 Å². The zero-order chi connectivity index (χ0) is 18.4. The van der Waals surface area contributed by atoms with Crippen LogP contribution >= 0.6 is 0 Å². The molecule has 0 radical (unpaired) electrons. The van der Waals surface area contributed by atoms with E-state index >= 15 is 0 Å². The topological polar surface area (TPSA) is 50.8 Å². The van der Waals surface area contributed by atoms with Crippen molar-refractivity contribution in [2.24, 2.45) is 0 Å². The largest absolute Gasteiger partial charge is 0.497 e. The summed E-state index contributed by atoms with van der Waals surface area (Å²) >= 11 is 0. The number of hydrogen-bond acceptors (Lipinski definition) is 4. The molecule has 26 heavy (non-hydrogen) atoms. The molecule has 0 fully saturated rings. The molecule has 3 rings (SSSR count). The third-order valence-electron chi connectivity index (χ3n) is 4.66. The van der Waals surface area contributed by atoms with Gasteiger partial charge in [-0.05, 0) is 60.7 Å². The average molecular weight is 354 g/mol. The predicted octanol–water partition coefficient (Wildman–Crippen LogP) is 2.82. The number of anilines is 1. The van der Waals surface area contributed by atoms with Gasteiger partial charge < -0.3 is 19.7 Å². The van der Waals surface area contributed by atoms with E-state index in [1.807, 2.05) is 0 Å². The van der Waals surface area contributed by atoms with Crippen molar-refractivity contribution in [2.75, 3.05) is 38.8 Å². The lowest BCUT2D eigenvalue weighted by atomic mass is 9.98. The van der Waals surface area contributed by atoms with Gasteiger partial charge in [0.25, 0.3) is 5.91 Å². The minimum absolute atomic E-state index is 0.0152. The lowest BCUT2D eigenvalue weighted by Crippen LogP contribution is -2.30. The van der Waals surface area contributed by atoms with Crippen LogP contribution in [0, 0.1) is 0 Å². The standard InChI is InChI=1S/C21H26N2O3/c1-23-13-3-4-17-14-16(5-10-20(17)23)11-12-22-21(24)15-26-19-8-6-18(25-2)7-9-19/h5-10,14H,3-4,11-13,15H2,1-2H3,(H,22,24). The monoisotopic (exact) mass is 354 g/mol. The van der Waals surface area contributed by atoms with Crippen LogP contribution in [0.15, 0.2) is 42.5 Å². The lowest BCUT2D eigenvalue weighted by Gasteiger charge is -2.27. The number of ether oxygens (including phenoxy) is 2. The molecule has 5 heteroatoms. The summed E-state index contributed by atoms with van der Waals surface area (Å²) in [6.45, 7) is 1.75. The summed E-state index contributed by atoms with van der Waals surface area (Å²) in [5.41, 5.74) is 4.00. The summed E-state index contributed by atoms with van der Waals surface area (Å²) < 4.78 is 10.6. The molecule has 0 aliphatic carbocycles. The smallest absolute Gasteiger partial charge is 0.257 e. The first kappa shape index (κ1) is 18.1. The Labute approximate surface area is 154 Å². The molecule has 1 amide bonds. The summed E-state index contributed by atoms with van der Waals surface area (Å²) in [6, 6.07) is 13.8.